The minimum atomic E-state index is -0.800. The molecular formula is C25H38Br2N4O7. The Labute approximate surface area is 241 Å². The van der Waals surface area contributed by atoms with Crippen LogP contribution in [0.5, 0.6) is 0 Å². The first-order chi connectivity index (χ1) is 18.3. The third-order valence-corrected chi connectivity index (χ3v) is 7.18. The molecule has 0 spiro atoms. The number of hydrogen-bond donors (Lipinski definition) is 0. The number of carbonyl (C=O) groups excluding carboxylic acids is 3. The molecule has 38 heavy (non-hydrogen) atoms. The lowest BCUT2D eigenvalue weighted by Crippen LogP contribution is -2.51. The summed E-state index contributed by atoms with van der Waals surface area (Å²) in [5.74, 6) is -1.37. The fraction of sp³-hybridized carbons (Fsp3) is 0.720. The molecule has 1 fully saturated rings. The topological polar surface area (TPSA) is 124 Å². The summed E-state index contributed by atoms with van der Waals surface area (Å²) >= 11 is 6.47. The molecule has 1 saturated heterocycles. The van der Waals surface area contributed by atoms with E-state index < -0.39 is 30.4 Å². The molecule has 1 atom stereocenters. The van der Waals surface area contributed by atoms with E-state index in [0.717, 1.165) is 25.7 Å². The summed E-state index contributed by atoms with van der Waals surface area (Å²) in [7, 11) is 1.27. The summed E-state index contributed by atoms with van der Waals surface area (Å²) in [6.45, 7) is 3.24. The van der Waals surface area contributed by atoms with Crippen LogP contribution in [-0.4, -0.2) is 72.1 Å². The number of cyclic esters (lactones) is 1. The number of hydrogen-bond acceptors (Lipinski definition) is 8. The van der Waals surface area contributed by atoms with Crippen molar-refractivity contribution in [1.82, 2.24) is 9.91 Å². The predicted octanol–water partition coefficient (Wildman–Crippen LogP) is 5.23. The van der Waals surface area contributed by atoms with E-state index in [-0.39, 0.29) is 31.8 Å². The van der Waals surface area contributed by atoms with E-state index in [1.54, 1.807) is 6.08 Å². The highest BCUT2D eigenvalue weighted by molar-refractivity contribution is 9.28. The first-order valence-corrected chi connectivity index (χ1v) is 14.8. The van der Waals surface area contributed by atoms with Crippen molar-refractivity contribution in [3.05, 3.63) is 26.0 Å². The summed E-state index contributed by atoms with van der Waals surface area (Å²) in [6, 6.07) is 0. The van der Waals surface area contributed by atoms with E-state index in [0.29, 0.717) is 20.5 Å². The monoisotopic (exact) mass is 664 g/mol. The number of nitrogens with zero attached hydrogens (tertiary/aromatic N) is 4. The maximum Gasteiger partial charge on any atom is 0.343 e. The summed E-state index contributed by atoms with van der Waals surface area (Å²) in [5, 5.41) is 16.4. The molecule has 0 aromatic carbocycles. The summed E-state index contributed by atoms with van der Waals surface area (Å²) in [5.41, 5.74) is 0.253. The van der Waals surface area contributed by atoms with Gasteiger partial charge in [-0.25, -0.2) is 4.79 Å². The van der Waals surface area contributed by atoms with E-state index in [9.17, 15) is 19.6 Å². The summed E-state index contributed by atoms with van der Waals surface area (Å²) in [4.78, 5) is 44.2. The molecule has 0 N–H and O–H groups in total. The van der Waals surface area contributed by atoms with E-state index >= 15 is 0 Å². The fourth-order valence-corrected chi connectivity index (χ4v) is 4.69. The van der Waals surface area contributed by atoms with Crippen LogP contribution in [0.1, 0.15) is 77.6 Å². The molecule has 1 unspecified atom stereocenters. The Morgan fingerprint density at radius 1 is 1.08 bits per heavy atom. The third kappa shape index (κ3) is 10.9. The molecule has 0 aromatic rings. The highest BCUT2D eigenvalue weighted by Gasteiger charge is 2.33. The van der Waals surface area contributed by atoms with Crippen molar-refractivity contribution >= 4 is 49.7 Å². The smallest absolute Gasteiger partial charge is 0.343 e. The highest BCUT2D eigenvalue weighted by Crippen LogP contribution is 2.31. The van der Waals surface area contributed by atoms with Crippen LogP contribution in [0.4, 0.5) is 0 Å². The van der Waals surface area contributed by atoms with Gasteiger partial charge in [0, 0.05) is 13.1 Å². The predicted molar refractivity (Wildman–Crippen MR) is 147 cm³/mol. The van der Waals surface area contributed by atoms with Crippen molar-refractivity contribution in [3.63, 3.8) is 0 Å². The first-order valence-electron chi connectivity index (χ1n) is 13.2. The van der Waals surface area contributed by atoms with Crippen molar-refractivity contribution < 1.29 is 33.7 Å². The molecule has 1 amide bonds. The molecular weight excluding hydrogens is 628 g/mol. The Hall–Kier alpha value is -2.15. The number of unbranched alkanes of at least 4 members (excludes halogenated alkanes) is 8. The molecule has 0 saturated carbocycles. The average molecular weight is 666 g/mol. The number of hydrazine groups is 1. The molecule has 2 rings (SSSR count). The average Bonchev–Trinajstić information content (AvgIpc) is 3.29. The minimum Gasteiger partial charge on any atom is -0.569 e. The van der Waals surface area contributed by atoms with Gasteiger partial charge in [0.2, 0.25) is 11.2 Å². The zero-order valence-corrected chi connectivity index (χ0v) is 25.3. The van der Waals surface area contributed by atoms with Crippen LogP contribution >= 0.6 is 31.9 Å². The quantitative estimate of drug-likeness (QED) is 0.0548. The standard InChI is InChI=1S/C25H38Br2N4O7/c1-3-4-5-6-7-8-9-10-11-12-20(19-17-21(24(26)27)38-25(19)34)37-23(33)18-22(32)29-13-15-30(16-14-29)31(35)28-36-2/h17,20H,3-16,18H2,1-2H3/b31-28-. The molecule has 11 nitrogen and oxygen atoms in total. The maximum atomic E-state index is 12.7. The summed E-state index contributed by atoms with van der Waals surface area (Å²) < 4.78 is 11.4. The van der Waals surface area contributed by atoms with E-state index in [1.165, 1.54) is 49.1 Å². The molecule has 2 aliphatic heterocycles. The van der Waals surface area contributed by atoms with Crippen LogP contribution in [0.3, 0.4) is 0 Å². The maximum absolute atomic E-state index is 12.7. The van der Waals surface area contributed by atoms with Gasteiger partial charge in [0.15, 0.2) is 5.76 Å². The van der Waals surface area contributed by atoms with Crippen LogP contribution in [0, 0.1) is 5.21 Å². The molecule has 0 aromatic heterocycles. The number of halogens is 2. The number of esters is 2. The van der Waals surface area contributed by atoms with Crippen LogP contribution in [-0.2, 0) is 28.7 Å². The van der Waals surface area contributed by atoms with Gasteiger partial charge in [0.25, 0.3) is 0 Å². The van der Waals surface area contributed by atoms with Crippen molar-refractivity contribution in [2.24, 2.45) is 5.28 Å². The van der Waals surface area contributed by atoms with Gasteiger partial charge in [-0.2, -0.15) is 0 Å². The Balaban J connectivity index is 1.89. The van der Waals surface area contributed by atoms with Gasteiger partial charge in [0.05, 0.1) is 23.6 Å². The largest absolute Gasteiger partial charge is 0.569 e. The second-order valence-electron chi connectivity index (χ2n) is 9.24. The highest BCUT2D eigenvalue weighted by atomic mass is 79.9. The van der Waals surface area contributed by atoms with Gasteiger partial charge in [-0.3, -0.25) is 9.59 Å². The number of carbonyl (C=O) groups is 3. The molecule has 2 heterocycles. The fourth-order valence-electron chi connectivity index (χ4n) is 4.30. The Bertz CT molecular complexity index is 898. The number of piperazine rings is 1. The number of amides is 1. The second kappa shape index (κ2) is 17.4. The second-order valence-corrected chi connectivity index (χ2v) is 11.9. The number of ether oxygens (including phenoxy) is 2. The Morgan fingerprint density at radius 2 is 1.68 bits per heavy atom. The van der Waals surface area contributed by atoms with Crippen molar-refractivity contribution in [1.29, 1.82) is 0 Å². The van der Waals surface area contributed by atoms with Crippen molar-refractivity contribution in [2.75, 3.05) is 33.3 Å². The zero-order chi connectivity index (χ0) is 27.9. The minimum absolute atomic E-state index is 0.253. The van der Waals surface area contributed by atoms with Gasteiger partial charge in [0.1, 0.15) is 23.0 Å². The Morgan fingerprint density at radius 3 is 2.24 bits per heavy atom. The van der Waals surface area contributed by atoms with Gasteiger partial charge in [-0.15, -0.1) is 5.01 Å². The molecule has 0 bridgehead atoms. The zero-order valence-electron chi connectivity index (χ0n) is 22.2. The SMILES string of the molecule is CCCCCCCCCCCC(OC(=O)CC(=O)N1CCN(/[N+]([O-])=N/OC)CC1)C1=CC(=C(Br)Br)OC1=O. The van der Waals surface area contributed by atoms with E-state index in [4.69, 9.17) is 9.47 Å². The molecule has 0 aliphatic carbocycles. The van der Waals surface area contributed by atoms with Crippen molar-refractivity contribution in [2.45, 2.75) is 83.7 Å². The summed E-state index contributed by atoms with van der Waals surface area (Å²) in [6.07, 6.45) is 11.0. The van der Waals surface area contributed by atoms with Crippen molar-refractivity contribution in [3.8, 4) is 0 Å². The molecule has 0 radical (unpaired) electrons. The molecule has 2 aliphatic rings. The third-order valence-electron chi connectivity index (χ3n) is 6.40. The lowest BCUT2D eigenvalue weighted by molar-refractivity contribution is -0.711. The van der Waals surface area contributed by atoms with Gasteiger partial charge in [-0.05, 0) is 50.8 Å². The van der Waals surface area contributed by atoms with Crippen LogP contribution < -0.4 is 0 Å². The van der Waals surface area contributed by atoms with Gasteiger partial charge < -0.3 is 24.4 Å². The van der Waals surface area contributed by atoms with E-state index in [1.807, 2.05) is 0 Å². The van der Waals surface area contributed by atoms with Crippen LogP contribution in [0.2, 0.25) is 0 Å². The lowest BCUT2D eigenvalue weighted by Gasteiger charge is -2.31. The lowest BCUT2D eigenvalue weighted by atomic mass is 10.0. The van der Waals surface area contributed by atoms with Gasteiger partial charge in [-0.1, -0.05) is 58.3 Å². The van der Waals surface area contributed by atoms with Gasteiger partial charge >= 0.3 is 11.9 Å². The molecule has 13 heteroatoms. The first kappa shape index (κ1) is 32.1. The Kier molecular flexibility index (Phi) is 14.7. The van der Waals surface area contributed by atoms with E-state index in [2.05, 4.69) is 48.9 Å². The molecule has 214 valence electrons. The number of allylic oxidation sites excluding steroid dienone is 1. The van der Waals surface area contributed by atoms with Crippen LogP contribution in [0.15, 0.2) is 26.1 Å². The van der Waals surface area contributed by atoms with Crippen LogP contribution in [0.25, 0.3) is 0 Å². The number of rotatable bonds is 16. The normalized spacial score (nSPS) is 16.7.